The van der Waals surface area contributed by atoms with Crippen molar-refractivity contribution < 1.29 is 19.1 Å². The number of nitrogens with one attached hydrogen (secondary N) is 1. The summed E-state index contributed by atoms with van der Waals surface area (Å²) in [5.74, 6) is -1.22. The van der Waals surface area contributed by atoms with Crippen LogP contribution in [0.3, 0.4) is 0 Å². The second-order valence-corrected chi connectivity index (χ2v) is 8.46. The lowest BCUT2D eigenvalue weighted by Gasteiger charge is -2.33. The number of allylic oxidation sites excluding steroid dienone is 2. The summed E-state index contributed by atoms with van der Waals surface area (Å²) in [5, 5.41) is 8.19. The first kappa shape index (κ1) is 23.4. The lowest BCUT2D eigenvalue weighted by Crippen LogP contribution is -2.47. The monoisotopic (exact) mass is 460 g/mol. The number of ether oxygens (including phenoxy) is 2. The van der Waals surface area contributed by atoms with E-state index in [1.165, 1.54) is 7.11 Å². The van der Waals surface area contributed by atoms with E-state index in [9.17, 15) is 9.59 Å². The first-order valence-electron chi connectivity index (χ1n) is 11.2. The van der Waals surface area contributed by atoms with Gasteiger partial charge in [0.2, 0.25) is 5.91 Å². The second kappa shape index (κ2) is 10.0. The minimum Gasteiger partial charge on any atom is -0.469 e. The standard InChI is InChI=1S/C26H28N4O4/c1-33-23(31)15-20-14-22(30(24(20)32)21-8-5-13-29-16-21)17-34-26(25(27)28)11-9-19(10-12-26)18-6-3-2-4-7-18/h2-13,16,19-20,22H,14-15,17H2,1H3,(H3,27,28)/t19?,20-,22-,26?/m0/s1. The number of nitrogens with zero attached hydrogens (tertiary/aromatic N) is 2. The molecule has 0 unspecified atom stereocenters. The molecule has 2 heterocycles. The molecule has 3 N–H and O–H groups in total. The fraction of sp³-hybridized carbons (Fsp3) is 0.308. The van der Waals surface area contributed by atoms with Crippen LogP contribution in [0.4, 0.5) is 5.69 Å². The zero-order valence-corrected chi connectivity index (χ0v) is 19.0. The van der Waals surface area contributed by atoms with Crippen LogP contribution in [0.5, 0.6) is 0 Å². The summed E-state index contributed by atoms with van der Waals surface area (Å²) in [7, 11) is 1.31. The molecule has 0 radical (unpaired) electrons. The van der Waals surface area contributed by atoms with E-state index in [-0.39, 0.29) is 36.7 Å². The molecule has 2 atom stereocenters. The summed E-state index contributed by atoms with van der Waals surface area (Å²) in [5.41, 5.74) is 6.52. The van der Waals surface area contributed by atoms with Gasteiger partial charge in [0, 0.05) is 12.1 Å². The molecule has 0 bridgehead atoms. The van der Waals surface area contributed by atoms with Crippen molar-refractivity contribution in [2.45, 2.75) is 30.4 Å². The van der Waals surface area contributed by atoms with Gasteiger partial charge >= 0.3 is 5.97 Å². The predicted octanol–water partition coefficient (Wildman–Crippen LogP) is 2.97. The molecule has 34 heavy (non-hydrogen) atoms. The average Bonchev–Trinajstić information content (AvgIpc) is 3.18. The Morgan fingerprint density at radius 2 is 1.94 bits per heavy atom. The highest BCUT2D eigenvalue weighted by molar-refractivity contribution is 5.99. The van der Waals surface area contributed by atoms with Crippen LogP contribution in [0.15, 0.2) is 79.2 Å². The maximum absolute atomic E-state index is 13.2. The largest absolute Gasteiger partial charge is 0.469 e. The van der Waals surface area contributed by atoms with Gasteiger partial charge in [-0.3, -0.25) is 20.0 Å². The molecule has 2 aromatic rings. The topological polar surface area (TPSA) is 119 Å². The zero-order valence-electron chi connectivity index (χ0n) is 19.0. The molecule has 1 aromatic heterocycles. The van der Waals surface area contributed by atoms with Gasteiger partial charge in [0.15, 0.2) is 5.60 Å². The van der Waals surface area contributed by atoms with E-state index < -0.39 is 17.5 Å². The fourth-order valence-corrected chi connectivity index (χ4v) is 4.44. The average molecular weight is 461 g/mol. The normalized spacial score (nSPS) is 26.0. The number of benzene rings is 1. The van der Waals surface area contributed by atoms with Gasteiger partial charge in [-0.1, -0.05) is 42.5 Å². The third-order valence-corrected chi connectivity index (χ3v) is 6.30. The number of anilines is 1. The molecule has 1 amide bonds. The highest BCUT2D eigenvalue weighted by Gasteiger charge is 2.43. The number of rotatable bonds is 8. The lowest BCUT2D eigenvalue weighted by molar-refractivity contribution is -0.143. The summed E-state index contributed by atoms with van der Waals surface area (Å²) in [6.07, 6.45) is 11.2. The van der Waals surface area contributed by atoms with E-state index in [2.05, 4.69) is 4.98 Å². The molecule has 1 saturated heterocycles. The van der Waals surface area contributed by atoms with Crippen LogP contribution < -0.4 is 10.6 Å². The predicted molar refractivity (Wildman–Crippen MR) is 128 cm³/mol. The number of amides is 1. The number of pyridine rings is 1. The van der Waals surface area contributed by atoms with Gasteiger partial charge in [0.1, 0.15) is 5.84 Å². The fourth-order valence-electron chi connectivity index (χ4n) is 4.44. The quantitative estimate of drug-likeness (QED) is 0.271. The van der Waals surface area contributed by atoms with Crippen molar-refractivity contribution in [3.63, 3.8) is 0 Å². The van der Waals surface area contributed by atoms with Crippen LogP contribution in [0, 0.1) is 11.3 Å². The van der Waals surface area contributed by atoms with E-state index in [1.54, 1.807) is 41.6 Å². The number of methoxy groups -OCH3 is 1. The lowest BCUT2D eigenvalue weighted by atomic mass is 9.87. The van der Waals surface area contributed by atoms with Crippen molar-refractivity contribution in [3.05, 3.63) is 84.7 Å². The number of hydrogen-bond acceptors (Lipinski definition) is 6. The molecule has 8 heteroatoms. The van der Waals surface area contributed by atoms with Crippen LogP contribution in [-0.2, 0) is 19.1 Å². The Hall–Kier alpha value is -3.78. The molecular formula is C26H28N4O4. The third kappa shape index (κ3) is 4.77. The molecule has 2 aliphatic rings. The van der Waals surface area contributed by atoms with Crippen LogP contribution >= 0.6 is 0 Å². The van der Waals surface area contributed by atoms with Gasteiger partial charge in [-0.25, -0.2) is 0 Å². The first-order valence-corrected chi connectivity index (χ1v) is 11.2. The maximum Gasteiger partial charge on any atom is 0.306 e. The Morgan fingerprint density at radius 1 is 1.21 bits per heavy atom. The molecule has 0 spiro atoms. The zero-order chi connectivity index (χ0) is 24.1. The molecule has 1 fully saturated rings. The van der Waals surface area contributed by atoms with Crippen molar-refractivity contribution in [1.29, 1.82) is 5.41 Å². The van der Waals surface area contributed by atoms with Gasteiger partial charge in [-0.05, 0) is 36.3 Å². The third-order valence-electron chi connectivity index (χ3n) is 6.30. The number of nitrogens with two attached hydrogens (primary N) is 1. The molecule has 1 aliphatic carbocycles. The highest BCUT2D eigenvalue weighted by Crippen LogP contribution is 2.34. The minimum atomic E-state index is -1.20. The van der Waals surface area contributed by atoms with Crippen molar-refractivity contribution in [2.24, 2.45) is 11.7 Å². The number of carbonyl (C=O) groups excluding carboxylic acids is 2. The Bertz CT molecular complexity index is 1090. The van der Waals surface area contributed by atoms with Crippen LogP contribution in [0.2, 0.25) is 0 Å². The molecule has 1 aliphatic heterocycles. The molecule has 0 saturated carbocycles. The number of hydrogen-bond donors (Lipinski definition) is 2. The van der Waals surface area contributed by atoms with Crippen molar-refractivity contribution in [2.75, 3.05) is 18.6 Å². The number of amidine groups is 1. The second-order valence-electron chi connectivity index (χ2n) is 8.46. The molecule has 176 valence electrons. The van der Waals surface area contributed by atoms with Gasteiger partial charge in [0.25, 0.3) is 0 Å². The van der Waals surface area contributed by atoms with Crippen molar-refractivity contribution >= 4 is 23.4 Å². The Kier molecular flexibility index (Phi) is 6.88. The van der Waals surface area contributed by atoms with Crippen LogP contribution in [0.25, 0.3) is 0 Å². The van der Waals surface area contributed by atoms with Crippen LogP contribution in [0.1, 0.15) is 24.3 Å². The van der Waals surface area contributed by atoms with Gasteiger partial charge < -0.3 is 20.1 Å². The van der Waals surface area contributed by atoms with E-state index in [4.69, 9.17) is 20.6 Å². The Labute approximate surface area is 198 Å². The Balaban J connectivity index is 1.53. The summed E-state index contributed by atoms with van der Waals surface area (Å²) < 4.78 is 11.0. The highest BCUT2D eigenvalue weighted by atomic mass is 16.5. The van der Waals surface area contributed by atoms with Crippen LogP contribution in [-0.4, -0.2) is 48.1 Å². The number of aromatic nitrogens is 1. The van der Waals surface area contributed by atoms with Crippen molar-refractivity contribution in [3.8, 4) is 0 Å². The summed E-state index contributed by atoms with van der Waals surface area (Å²) >= 11 is 0. The smallest absolute Gasteiger partial charge is 0.306 e. The number of esters is 1. The molecule has 4 rings (SSSR count). The summed E-state index contributed by atoms with van der Waals surface area (Å²) in [6.45, 7) is 0.128. The van der Waals surface area contributed by atoms with E-state index in [0.717, 1.165) is 5.56 Å². The van der Waals surface area contributed by atoms with E-state index in [0.29, 0.717) is 12.1 Å². The van der Waals surface area contributed by atoms with Gasteiger partial charge in [-0.2, -0.15) is 0 Å². The maximum atomic E-state index is 13.2. The van der Waals surface area contributed by atoms with E-state index >= 15 is 0 Å². The molecule has 8 nitrogen and oxygen atoms in total. The minimum absolute atomic E-state index is 0.000984. The van der Waals surface area contributed by atoms with Crippen molar-refractivity contribution in [1.82, 2.24) is 4.98 Å². The first-order chi connectivity index (χ1) is 16.4. The summed E-state index contributed by atoms with van der Waals surface area (Å²) in [4.78, 5) is 30.8. The summed E-state index contributed by atoms with van der Waals surface area (Å²) in [6, 6.07) is 13.2. The number of carbonyl (C=O) groups is 2. The Morgan fingerprint density at radius 3 is 2.56 bits per heavy atom. The van der Waals surface area contributed by atoms with Gasteiger partial charge in [0.05, 0.1) is 44.0 Å². The SMILES string of the molecule is COC(=O)C[C@@H]1C[C@@H](COC2(C(=N)N)C=CC(c3ccccc3)C=C2)N(c2cccnc2)C1=O. The van der Waals surface area contributed by atoms with E-state index in [1.807, 2.05) is 42.5 Å². The molecular weight excluding hydrogens is 432 g/mol. The molecule has 1 aromatic carbocycles. The van der Waals surface area contributed by atoms with Gasteiger partial charge in [-0.15, -0.1) is 0 Å².